The highest BCUT2D eigenvalue weighted by atomic mass is 32.2. The summed E-state index contributed by atoms with van der Waals surface area (Å²) in [4.78, 5) is 19.4. The summed E-state index contributed by atoms with van der Waals surface area (Å²) in [6.45, 7) is 0.554. The Kier molecular flexibility index (Phi) is 4.70. The van der Waals surface area contributed by atoms with Crippen LogP contribution in [-0.2, 0) is 12.3 Å². The van der Waals surface area contributed by atoms with Crippen LogP contribution in [0.2, 0.25) is 0 Å². The molecule has 6 heteroatoms. The van der Waals surface area contributed by atoms with Crippen molar-refractivity contribution in [1.82, 2.24) is 15.3 Å². The zero-order valence-electron chi connectivity index (χ0n) is 10.4. The molecule has 0 saturated carbocycles. The molecule has 100 valence electrons. The number of benzene rings is 1. The molecule has 1 heterocycles. The summed E-state index contributed by atoms with van der Waals surface area (Å²) in [5, 5.41) is 2.95. The van der Waals surface area contributed by atoms with E-state index >= 15 is 0 Å². The third-order valence-corrected chi connectivity index (χ3v) is 3.41. The summed E-state index contributed by atoms with van der Waals surface area (Å²) in [5.41, 5.74) is 0.552. The van der Waals surface area contributed by atoms with Crippen molar-refractivity contribution in [2.75, 3.05) is 7.05 Å². The summed E-state index contributed by atoms with van der Waals surface area (Å²) in [6.07, 6.45) is 0. The molecule has 0 spiro atoms. The van der Waals surface area contributed by atoms with Gasteiger partial charge in [0.15, 0.2) is 0 Å². The first kappa shape index (κ1) is 13.8. The van der Waals surface area contributed by atoms with Crippen molar-refractivity contribution in [3.05, 3.63) is 58.0 Å². The van der Waals surface area contributed by atoms with Gasteiger partial charge in [0.05, 0.1) is 11.4 Å². The number of nitrogens with one attached hydrogen (secondary N) is 2. The molecule has 0 radical (unpaired) electrons. The number of rotatable bonds is 5. The fourth-order valence-corrected chi connectivity index (χ4v) is 2.35. The van der Waals surface area contributed by atoms with Crippen molar-refractivity contribution in [3.8, 4) is 0 Å². The number of halogens is 1. The van der Waals surface area contributed by atoms with Crippen LogP contribution >= 0.6 is 11.8 Å². The molecule has 19 heavy (non-hydrogen) atoms. The molecule has 2 rings (SSSR count). The quantitative estimate of drug-likeness (QED) is 0.821. The molecule has 1 aromatic carbocycles. The maximum atomic E-state index is 12.8. The predicted octanol–water partition coefficient (Wildman–Crippen LogP) is 1.92. The number of hydrogen-bond donors (Lipinski definition) is 2. The Morgan fingerprint density at radius 1 is 1.37 bits per heavy atom. The number of H-pyrrole nitrogens is 1. The maximum Gasteiger partial charge on any atom is 0.251 e. The van der Waals surface area contributed by atoms with Gasteiger partial charge < -0.3 is 10.3 Å². The van der Waals surface area contributed by atoms with Gasteiger partial charge in [-0.05, 0) is 31.3 Å². The van der Waals surface area contributed by atoms with Crippen molar-refractivity contribution >= 4 is 11.8 Å². The molecule has 0 aliphatic carbocycles. The van der Waals surface area contributed by atoms with Crippen LogP contribution < -0.4 is 10.9 Å². The molecule has 0 fully saturated rings. The molecule has 0 aliphatic heterocycles. The van der Waals surface area contributed by atoms with Crippen LogP contribution in [0.5, 0.6) is 0 Å². The van der Waals surface area contributed by atoms with Crippen molar-refractivity contribution < 1.29 is 4.39 Å². The molecule has 0 saturated heterocycles. The molecule has 2 N–H and O–H groups in total. The topological polar surface area (TPSA) is 57.8 Å². The Morgan fingerprint density at radius 3 is 2.79 bits per heavy atom. The first-order chi connectivity index (χ1) is 9.17. The highest BCUT2D eigenvalue weighted by Gasteiger charge is 2.02. The van der Waals surface area contributed by atoms with E-state index in [1.807, 2.05) is 0 Å². The second-order valence-corrected chi connectivity index (χ2v) is 5.01. The molecular formula is C13H14FN3OS. The number of nitrogens with zero attached hydrogens (tertiary/aromatic N) is 1. The van der Waals surface area contributed by atoms with E-state index < -0.39 is 0 Å². The lowest BCUT2D eigenvalue weighted by molar-refractivity contribution is 0.626. The number of aromatic amines is 1. The lowest BCUT2D eigenvalue weighted by Gasteiger charge is -2.04. The van der Waals surface area contributed by atoms with E-state index in [9.17, 15) is 9.18 Å². The molecule has 1 aromatic heterocycles. The minimum absolute atomic E-state index is 0.157. The van der Waals surface area contributed by atoms with Crippen molar-refractivity contribution in [2.24, 2.45) is 0 Å². The maximum absolute atomic E-state index is 12.8. The summed E-state index contributed by atoms with van der Waals surface area (Å²) in [7, 11) is 1.80. The van der Waals surface area contributed by atoms with Crippen molar-refractivity contribution in [3.63, 3.8) is 0 Å². The zero-order valence-corrected chi connectivity index (χ0v) is 11.3. The smallest absolute Gasteiger partial charge is 0.251 e. The fourth-order valence-electron chi connectivity index (χ4n) is 1.59. The zero-order chi connectivity index (χ0) is 13.7. The van der Waals surface area contributed by atoms with Crippen LogP contribution in [0.3, 0.4) is 0 Å². The van der Waals surface area contributed by atoms with Gasteiger partial charge in [-0.25, -0.2) is 9.37 Å². The Balaban J connectivity index is 2.06. The van der Waals surface area contributed by atoms with Crippen LogP contribution in [0.1, 0.15) is 11.5 Å². The Morgan fingerprint density at radius 2 is 2.11 bits per heavy atom. The van der Waals surface area contributed by atoms with E-state index in [1.54, 1.807) is 19.2 Å². The van der Waals surface area contributed by atoms with E-state index in [4.69, 9.17) is 0 Å². The highest BCUT2D eigenvalue weighted by molar-refractivity contribution is 7.98. The van der Waals surface area contributed by atoms with Gasteiger partial charge in [-0.2, -0.15) is 0 Å². The van der Waals surface area contributed by atoms with Gasteiger partial charge in [0, 0.05) is 17.5 Å². The third-order valence-electron chi connectivity index (χ3n) is 2.39. The van der Waals surface area contributed by atoms with E-state index in [0.29, 0.717) is 23.8 Å². The lowest BCUT2D eigenvalue weighted by Crippen LogP contribution is -2.16. The fraction of sp³-hybridized carbons (Fsp3) is 0.231. The molecule has 0 aliphatic rings. The number of hydrogen-bond acceptors (Lipinski definition) is 4. The van der Waals surface area contributed by atoms with Gasteiger partial charge in [0.25, 0.3) is 5.56 Å². The Labute approximate surface area is 114 Å². The Bertz CT molecular complexity index is 598. The van der Waals surface area contributed by atoms with Crippen LogP contribution in [-0.4, -0.2) is 17.0 Å². The molecule has 0 atom stereocenters. The van der Waals surface area contributed by atoms with Gasteiger partial charge in [-0.15, -0.1) is 11.8 Å². The van der Waals surface area contributed by atoms with E-state index in [1.165, 1.54) is 30.0 Å². The average Bonchev–Trinajstić information content (AvgIpc) is 2.38. The second-order valence-electron chi connectivity index (χ2n) is 3.96. The standard InChI is InChI=1S/C13H14FN3OS/c1-15-7-10-6-13(18)17-12(16-10)8-19-11-4-2-9(14)3-5-11/h2-6,15H,7-8H2,1H3,(H,16,17,18). The molecule has 0 unspecified atom stereocenters. The third kappa shape index (κ3) is 4.18. The lowest BCUT2D eigenvalue weighted by atomic mass is 10.4. The summed E-state index contributed by atoms with van der Waals surface area (Å²) in [5.74, 6) is 0.900. The van der Waals surface area contributed by atoms with Crippen LogP contribution in [0.25, 0.3) is 0 Å². The summed E-state index contributed by atoms with van der Waals surface area (Å²) >= 11 is 1.50. The number of aromatic nitrogens is 2. The summed E-state index contributed by atoms with van der Waals surface area (Å²) in [6, 6.07) is 7.71. The highest BCUT2D eigenvalue weighted by Crippen LogP contribution is 2.21. The molecule has 4 nitrogen and oxygen atoms in total. The molecule has 0 bridgehead atoms. The average molecular weight is 279 g/mol. The molecular weight excluding hydrogens is 265 g/mol. The van der Waals surface area contributed by atoms with Crippen molar-refractivity contribution in [1.29, 1.82) is 0 Å². The van der Waals surface area contributed by atoms with Crippen LogP contribution in [0.4, 0.5) is 4.39 Å². The van der Waals surface area contributed by atoms with E-state index in [-0.39, 0.29) is 11.4 Å². The van der Waals surface area contributed by atoms with E-state index in [2.05, 4.69) is 15.3 Å². The first-order valence-corrected chi connectivity index (χ1v) is 6.78. The normalized spacial score (nSPS) is 10.6. The van der Waals surface area contributed by atoms with Gasteiger partial charge in [-0.3, -0.25) is 4.79 Å². The van der Waals surface area contributed by atoms with Gasteiger partial charge in [-0.1, -0.05) is 0 Å². The van der Waals surface area contributed by atoms with Crippen LogP contribution in [0, 0.1) is 5.82 Å². The molecule has 2 aromatic rings. The van der Waals surface area contributed by atoms with Crippen LogP contribution in [0.15, 0.2) is 40.0 Å². The predicted molar refractivity (Wildman–Crippen MR) is 73.6 cm³/mol. The SMILES string of the molecule is CNCc1cc(=O)[nH]c(CSc2ccc(F)cc2)n1. The largest absolute Gasteiger partial charge is 0.314 e. The summed E-state index contributed by atoms with van der Waals surface area (Å²) < 4.78 is 12.8. The van der Waals surface area contributed by atoms with Gasteiger partial charge >= 0.3 is 0 Å². The Hall–Kier alpha value is -1.66. The van der Waals surface area contributed by atoms with Crippen molar-refractivity contribution in [2.45, 2.75) is 17.2 Å². The first-order valence-electron chi connectivity index (χ1n) is 5.79. The van der Waals surface area contributed by atoms with Gasteiger partial charge in [0.1, 0.15) is 11.6 Å². The number of thioether (sulfide) groups is 1. The second kappa shape index (κ2) is 6.49. The monoisotopic (exact) mass is 279 g/mol. The van der Waals surface area contributed by atoms with E-state index in [0.717, 1.165) is 4.90 Å². The molecule has 0 amide bonds. The minimum atomic E-state index is -0.258. The van der Waals surface area contributed by atoms with Gasteiger partial charge in [0.2, 0.25) is 0 Å². The minimum Gasteiger partial charge on any atom is -0.314 e.